The second-order valence-electron chi connectivity index (χ2n) is 4.08. The molecule has 2 aliphatic heterocycles. The molecule has 0 aliphatic carbocycles. The van der Waals surface area contributed by atoms with Crippen molar-refractivity contribution in [2.45, 2.75) is 44.1 Å². The van der Waals surface area contributed by atoms with Crippen molar-refractivity contribution in [3.8, 4) is 0 Å². The van der Waals surface area contributed by atoms with Gasteiger partial charge in [0.05, 0.1) is 6.61 Å². The van der Waals surface area contributed by atoms with Crippen LogP contribution in [0.4, 0.5) is 0 Å². The number of hydrogen-bond donors (Lipinski definition) is 2. The van der Waals surface area contributed by atoms with Gasteiger partial charge in [-0.25, -0.2) is 0 Å². The van der Waals surface area contributed by atoms with E-state index in [0.29, 0.717) is 0 Å². The lowest BCUT2D eigenvalue weighted by molar-refractivity contribution is -0.277. The maximum absolute atomic E-state index is 10.8. The zero-order chi connectivity index (χ0) is 11.2. The van der Waals surface area contributed by atoms with E-state index in [9.17, 15) is 15.0 Å². The predicted molar refractivity (Wildman–Crippen MR) is 46.8 cm³/mol. The van der Waals surface area contributed by atoms with Crippen molar-refractivity contribution in [3.05, 3.63) is 0 Å². The van der Waals surface area contributed by atoms with E-state index in [0.717, 1.165) is 0 Å². The Balaban J connectivity index is 2.20. The highest BCUT2D eigenvalue weighted by molar-refractivity contribution is 5.66. The van der Waals surface area contributed by atoms with Gasteiger partial charge in [-0.15, -0.1) is 0 Å². The summed E-state index contributed by atoms with van der Waals surface area (Å²) in [4.78, 5) is 10.8. The monoisotopic (exact) mass is 218 g/mol. The van der Waals surface area contributed by atoms with Crippen LogP contribution in [0.15, 0.2) is 0 Å². The van der Waals surface area contributed by atoms with Crippen LogP contribution in [0.25, 0.3) is 0 Å². The minimum Gasteiger partial charge on any atom is -0.457 e. The molecule has 5 atom stereocenters. The fraction of sp³-hybridized carbons (Fsp3) is 0.889. The maximum Gasteiger partial charge on any atom is 0.303 e. The molecule has 6 heteroatoms. The van der Waals surface area contributed by atoms with E-state index in [1.807, 2.05) is 0 Å². The van der Waals surface area contributed by atoms with Crippen molar-refractivity contribution in [1.29, 1.82) is 0 Å². The Morgan fingerprint density at radius 3 is 2.87 bits per heavy atom. The molecule has 0 saturated carbocycles. The molecule has 15 heavy (non-hydrogen) atoms. The van der Waals surface area contributed by atoms with E-state index in [2.05, 4.69) is 0 Å². The Morgan fingerprint density at radius 1 is 1.60 bits per heavy atom. The summed E-state index contributed by atoms with van der Waals surface area (Å²) in [6, 6.07) is 0. The van der Waals surface area contributed by atoms with Crippen molar-refractivity contribution in [1.82, 2.24) is 0 Å². The van der Waals surface area contributed by atoms with Gasteiger partial charge in [0, 0.05) is 6.92 Å². The summed E-state index contributed by atoms with van der Waals surface area (Å²) in [6.45, 7) is 2.83. The molecule has 0 spiro atoms. The summed E-state index contributed by atoms with van der Waals surface area (Å²) < 4.78 is 15.4. The number of hydrogen-bond acceptors (Lipinski definition) is 6. The lowest BCUT2D eigenvalue weighted by Gasteiger charge is -2.41. The van der Waals surface area contributed by atoms with Crippen molar-refractivity contribution in [2.24, 2.45) is 0 Å². The van der Waals surface area contributed by atoms with Crippen LogP contribution in [0.5, 0.6) is 0 Å². The van der Waals surface area contributed by atoms with Gasteiger partial charge in [-0.1, -0.05) is 0 Å². The van der Waals surface area contributed by atoms with E-state index in [1.165, 1.54) is 13.8 Å². The summed E-state index contributed by atoms with van der Waals surface area (Å²) in [6.07, 6.45) is -3.44. The van der Waals surface area contributed by atoms with Crippen LogP contribution in [-0.2, 0) is 19.0 Å². The normalized spacial score (nSPS) is 49.1. The number of carbonyl (C=O) groups is 1. The summed E-state index contributed by atoms with van der Waals surface area (Å²) in [5, 5.41) is 19.8. The maximum atomic E-state index is 10.8. The second-order valence-corrected chi connectivity index (χ2v) is 4.08. The molecular formula is C9H14O6. The van der Waals surface area contributed by atoms with E-state index < -0.39 is 36.2 Å². The molecule has 0 aromatic heterocycles. The average Bonchev–Trinajstić information content (AvgIpc) is 2.57. The average molecular weight is 218 g/mol. The number of esters is 1. The summed E-state index contributed by atoms with van der Waals surface area (Å²) in [5.74, 6) is -0.524. The molecule has 2 saturated heterocycles. The first-order valence-electron chi connectivity index (χ1n) is 4.77. The fourth-order valence-corrected chi connectivity index (χ4v) is 1.91. The molecule has 0 amide bonds. The standard InChI is InChI=1S/C9H14O6/c1-4(10)14-6-5-3-13-8(15-5)9(2,12)7(6)11/h5-8,11-12H,3H2,1-2H3/t5-,6-,7+,8-,9-/m1/s1. The van der Waals surface area contributed by atoms with E-state index in [-0.39, 0.29) is 6.61 Å². The molecule has 0 aromatic rings. The molecule has 0 unspecified atom stereocenters. The molecule has 86 valence electrons. The van der Waals surface area contributed by atoms with Crippen molar-refractivity contribution >= 4 is 5.97 Å². The first kappa shape index (κ1) is 10.8. The first-order chi connectivity index (χ1) is 6.93. The number of ether oxygens (including phenoxy) is 3. The SMILES string of the molecule is CC(=O)O[C@@H]1[C@H]2CO[C@H](O2)[C@](C)(O)[C@H]1O. The highest BCUT2D eigenvalue weighted by Crippen LogP contribution is 2.36. The van der Waals surface area contributed by atoms with Crippen LogP contribution in [0.3, 0.4) is 0 Å². The minimum atomic E-state index is -1.56. The van der Waals surface area contributed by atoms with E-state index in [1.54, 1.807) is 0 Å². The Morgan fingerprint density at radius 2 is 2.27 bits per heavy atom. The molecule has 0 aromatic carbocycles. The molecule has 0 radical (unpaired) electrons. The smallest absolute Gasteiger partial charge is 0.303 e. The van der Waals surface area contributed by atoms with Gasteiger partial charge < -0.3 is 24.4 Å². The van der Waals surface area contributed by atoms with Crippen LogP contribution in [0.2, 0.25) is 0 Å². The zero-order valence-corrected chi connectivity index (χ0v) is 8.54. The van der Waals surface area contributed by atoms with Gasteiger partial charge in [-0.3, -0.25) is 4.79 Å². The lowest BCUT2D eigenvalue weighted by Crippen LogP contribution is -2.62. The highest BCUT2D eigenvalue weighted by Gasteiger charge is 2.58. The van der Waals surface area contributed by atoms with Crippen LogP contribution >= 0.6 is 0 Å². The minimum absolute atomic E-state index is 0.204. The molecule has 2 heterocycles. The molecule has 2 fully saturated rings. The number of carbonyl (C=O) groups excluding carboxylic acids is 1. The van der Waals surface area contributed by atoms with Gasteiger partial charge in [0.25, 0.3) is 0 Å². The van der Waals surface area contributed by atoms with Gasteiger partial charge in [0.15, 0.2) is 12.4 Å². The van der Waals surface area contributed by atoms with Crippen molar-refractivity contribution < 1.29 is 29.2 Å². The molecule has 2 bridgehead atoms. The van der Waals surface area contributed by atoms with Crippen LogP contribution in [0.1, 0.15) is 13.8 Å². The third kappa shape index (κ3) is 1.63. The quantitative estimate of drug-likeness (QED) is 0.537. The van der Waals surface area contributed by atoms with Crippen LogP contribution < -0.4 is 0 Å². The number of fused-ring (bicyclic) bond motifs is 2. The first-order valence-corrected chi connectivity index (χ1v) is 4.77. The predicted octanol–water partition coefficient (Wildman–Crippen LogP) is -1.21. The summed E-state index contributed by atoms with van der Waals surface area (Å²) >= 11 is 0. The Bertz CT molecular complexity index is 276. The third-order valence-electron chi connectivity index (χ3n) is 2.77. The summed E-state index contributed by atoms with van der Waals surface area (Å²) in [5.41, 5.74) is -1.56. The second kappa shape index (κ2) is 3.41. The molecule has 6 nitrogen and oxygen atoms in total. The molecule has 2 N–H and O–H groups in total. The Labute approximate surface area is 86.7 Å². The molecule has 2 rings (SSSR count). The van der Waals surface area contributed by atoms with Crippen molar-refractivity contribution in [2.75, 3.05) is 6.61 Å². The largest absolute Gasteiger partial charge is 0.457 e. The molecular weight excluding hydrogens is 204 g/mol. The van der Waals surface area contributed by atoms with Crippen LogP contribution in [-0.4, -0.2) is 53.0 Å². The Kier molecular flexibility index (Phi) is 2.46. The number of aliphatic hydroxyl groups excluding tert-OH is 1. The molecule has 2 aliphatic rings. The van der Waals surface area contributed by atoms with Crippen LogP contribution in [0, 0.1) is 0 Å². The number of aliphatic hydroxyl groups is 2. The number of rotatable bonds is 1. The lowest BCUT2D eigenvalue weighted by atomic mass is 9.89. The van der Waals surface area contributed by atoms with Gasteiger partial charge in [-0.2, -0.15) is 0 Å². The topological polar surface area (TPSA) is 85.2 Å². The highest BCUT2D eigenvalue weighted by atomic mass is 16.8. The van der Waals surface area contributed by atoms with Gasteiger partial charge >= 0.3 is 5.97 Å². The fourth-order valence-electron chi connectivity index (χ4n) is 1.91. The van der Waals surface area contributed by atoms with E-state index in [4.69, 9.17) is 14.2 Å². The van der Waals surface area contributed by atoms with Crippen molar-refractivity contribution in [3.63, 3.8) is 0 Å². The Hall–Kier alpha value is -0.690. The van der Waals surface area contributed by atoms with E-state index >= 15 is 0 Å². The zero-order valence-electron chi connectivity index (χ0n) is 8.54. The summed E-state index contributed by atoms with van der Waals surface area (Å²) in [7, 11) is 0. The van der Waals surface area contributed by atoms with Gasteiger partial charge in [0.1, 0.15) is 17.8 Å². The van der Waals surface area contributed by atoms with Gasteiger partial charge in [0.2, 0.25) is 0 Å². The third-order valence-corrected chi connectivity index (χ3v) is 2.77. The van der Waals surface area contributed by atoms with Gasteiger partial charge in [-0.05, 0) is 6.92 Å².